The van der Waals surface area contributed by atoms with Crippen LogP contribution in [0.1, 0.15) is 12.7 Å². The van der Waals surface area contributed by atoms with Crippen molar-refractivity contribution < 1.29 is 14.4 Å². The Hall–Kier alpha value is -2.41. The highest BCUT2D eigenvalue weighted by atomic mass is 35.5. The topological polar surface area (TPSA) is 87.4 Å². The monoisotopic (exact) mass is 309 g/mol. The summed E-state index contributed by atoms with van der Waals surface area (Å²) in [6.45, 7) is 1.88. The molecule has 2 aromatic rings. The molecule has 0 fully saturated rings. The average Bonchev–Trinajstić information content (AvgIpc) is 2.46. The van der Waals surface area contributed by atoms with Crippen LogP contribution in [0.4, 0.5) is 5.69 Å². The van der Waals surface area contributed by atoms with Crippen LogP contribution in [-0.4, -0.2) is 22.0 Å². The van der Waals surface area contributed by atoms with Crippen LogP contribution in [0.3, 0.4) is 0 Å². The molecule has 0 unspecified atom stereocenters. The van der Waals surface area contributed by atoms with E-state index < -0.39 is 4.92 Å². The second kappa shape index (κ2) is 6.36. The van der Waals surface area contributed by atoms with Crippen LogP contribution < -0.4 is 9.47 Å². The van der Waals surface area contributed by atoms with Gasteiger partial charge in [0, 0.05) is 12.5 Å². The first-order valence-electron chi connectivity index (χ1n) is 6.07. The number of ether oxygens (including phenoxy) is 2. The predicted molar refractivity (Wildman–Crippen MR) is 76.1 cm³/mol. The summed E-state index contributed by atoms with van der Waals surface area (Å²) in [6.07, 6.45) is 0.597. The SMILES string of the molecule is CCc1nc(Cl)cc(Oc2ccc(OC)c([N+](=O)[O-])c2)n1. The molecule has 2 rings (SSSR count). The van der Waals surface area contributed by atoms with Crippen LogP contribution in [0.5, 0.6) is 17.4 Å². The van der Waals surface area contributed by atoms with Crippen LogP contribution in [-0.2, 0) is 6.42 Å². The average molecular weight is 310 g/mol. The van der Waals surface area contributed by atoms with E-state index in [2.05, 4.69) is 9.97 Å². The van der Waals surface area contributed by atoms with E-state index in [0.717, 1.165) is 0 Å². The highest BCUT2D eigenvalue weighted by molar-refractivity contribution is 6.29. The number of nitro benzene ring substituents is 1. The minimum Gasteiger partial charge on any atom is -0.490 e. The van der Waals surface area contributed by atoms with Gasteiger partial charge in [-0.3, -0.25) is 10.1 Å². The number of hydrogen-bond acceptors (Lipinski definition) is 6. The Bertz CT molecular complexity index is 678. The van der Waals surface area contributed by atoms with Gasteiger partial charge in [0.1, 0.15) is 16.7 Å². The van der Waals surface area contributed by atoms with E-state index in [0.29, 0.717) is 12.2 Å². The van der Waals surface area contributed by atoms with Gasteiger partial charge in [-0.05, 0) is 12.1 Å². The second-order valence-electron chi connectivity index (χ2n) is 3.99. The van der Waals surface area contributed by atoms with Crippen LogP contribution in [0, 0.1) is 10.1 Å². The Morgan fingerprint density at radius 3 is 2.71 bits per heavy atom. The molecule has 7 nitrogen and oxygen atoms in total. The lowest BCUT2D eigenvalue weighted by Crippen LogP contribution is -1.98. The third-order valence-electron chi connectivity index (χ3n) is 2.60. The maximum absolute atomic E-state index is 11.0. The summed E-state index contributed by atoms with van der Waals surface area (Å²) in [5, 5.41) is 11.2. The molecule has 110 valence electrons. The zero-order valence-corrected chi connectivity index (χ0v) is 12.1. The Balaban J connectivity index is 2.33. The summed E-state index contributed by atoms with van der Waals surface area (Å²) >= 11 is 5.87. The Morgan fingerprint density at radius 2 is 2.10 bits per heavy atom. The highest BCUT2D eigenvalue weighted by Gasteiger charge is 2.16. The maximum atomic E-state index is 11.0. The number of rotatable bonds is 5. The Labute approximate surface area is 125 Å². The number of nitrogens with zero attached hydrogens (tertiary/aromatic N) is 3. The Morgan fingerprint density at radius 1 is 1.33 bits per heavy atom. The summed E-state index contributed by atoms with van der Waals surface area (Å²) in [4.78, 5) is 18.6. The summed E-state index contributed by atoms with van der Waals surface area (Å²) in [7, 11) is 1.36. The van der Waals surface area contributed by atoms with Gasteiger partial charge in [-0.2, -0.15) is 4.98 Å². The van der Waals surface area contributed by atoms with E-state index in [9.17, 15) is 10.1 Å². The van der Waals surface area contributed by atoms with Crippen LogP contribution >= 0.6 is 11.6 Å². The van der Waals surface area contributed by atoms with Gasteiger partial charge in [-0.25, -0.2) is 4.98 Å². The van der Waals surface area contributed by atoms with Gasteiger partial charge in [0.15, 0.2) is 5.75 Å². The molecular weight excluding hydrogens is 298 g/mol. The van der Waals surface area contributed by atoms with Crippen molar-refractivity contribution in [3.8, 4) is 17.4 Å². The number of aromatic nitrogens is 2. The smallest absolute Gasteiger partial charge is 0.314 e. The quantitative estimate of drug-likeness (QED) is 0.478. The molecule has 0 saturated heterocycles. The number of benzene rings is 1. The van der Waals surface area contributed by atoms with Crippen molar-refractivity contribution in [1.82, 2.24) is 9.97 Å². The zero-order valence-electron chi connectivity index (χ0n) is 11.4. The summed E-state index contributed by atoms with van der Waals surface area (Å²) in [5.74, 6) is 1.17. The molecule has 0 amide bonds. The number of methoxy groups -OCH3 is 1. The lowest BCUT2D eigenvalue weighted by Gasteiger charge is -2.07. The summed E-state index contributed by atoms with van der Waals surface area (Å²) in [6, 6.07) is 5.71. The zero-order chi connectivity index (χ0) is 15.4. The van der Waals surface area contributed by atoms with Crippen molar-refractivity contribution in [2.75, 3.05) is 7.11 Å². The molecule has 0 radical (unpaired) electrons. The van der Waals surface area contributed by atoms with Crippen LogP contribution in [0.15, 0.2) is 24.3 Å². The highest BCUT2D eigenvalue weighted by Crippen LogP contribution is 2.32. The molecule has 0 aliphatic carbocycles. The van der Waals surface area contributed by atoms with Crippen molar-refractivity contribution in [3.63, 3.8) is 0 Å². The van der Waals surface area contributed by atoms with E-state index in [4.69, 9.17) is 21.1 Å². The fraction of sp³-hybridized carbons (Fsp3) is 0.231. The molecule has 0 aliphatic rings. The van der Waals surface area contributed by atoms with Gasteiger partial charge in [0.25, 0.3) is 0 Å². The molecule has 1 heterocycles. The van der Waals surface area contributed by atoms with E-state index >= 15 is 0 Å². The van der Waals surface area contributed by atoms with Crippen LogP contribution in [0.25, 0.3) is 0 Å². The van der Waals surface area contributed by atoms with E-state index in [1.807, 2.05) is 6.92 Å². The summed E-state index contributed by atoms with van der Waals surface area (Å²) in [5.41, 5.74) is -0.189. The molecule has 0 bridgehead atoms. The van der Waals surface area contributed by atoms with Gasteiger partial charge in [-0.15, -0.1) is 0 Å². The van der Waals surface area contributed by atoms with Crippen molar-refractivity contribution >= 4 is 17.3 Å². The number of halogens is 1. The minimum absolute atomic E-state index is 0.155. The molecule has 0 N–H and O–H groups in total. The van der Waals surface area contributed by atoms with Crippen molar-refractivity contribution in [3.05, 3.63) is 45.4 Å². The third kappa shape index (κ3) is 3.57. The first kappa shape index (κ1) is 15.0. The van der Waals surface area contributed by atoms with Gasteiger partial charge in [-0.1, -0.05) is 18.5 Å². The normalized spacial score (nSPS) is 10.2. The number of nitro groups is 1. The molecule has 8 heteroatoms. The Kier molecular flexibility index (Phi) is 4.54. The van der Waals surface area contributed by atoms with Crippen molar-refractivity contribution in [2.45, 2.75) is 13.3 Å². The largest absolute Gasteiger partial charge is 0.490 e. The molecule has 0 aliphatic heterocycles. The number of hydrogen-bond donors (Lipinski definition) is 0. The molecule has 1 aromatic carbocycles. The molecular formula is C13H12ClN3O4. The fourth-order valence-corrected chi connectivity index (χ4v) is 1.84. The lowest BCUT2D eigenvalue weighted by molar-refractivity contribution is -0.385. The molecule has 0 atom stereocenters. The van der Waals surface area contributed by atoms with Crippen molar-refractivity contribution in [2.24, 2.45) is 0 Å². The maximum Gasteiger partial charge on any atom is 0.314 e. The number of aryl methyl sites for hydroxylation is 1. The minimum atomic E-state index is -0.546. The summed E-state index contributed by atoms with van der Waals surface area (Å²) < 4.78 is 10.4. The fourth-order valence-electron chi connectivity index (χ4n) is 1.65. The van der Waals surface area contributed by atoms with E-state index in [-0.39, 0.29) is 28.2 Å². The standard InChI is InChI=1S/C13H12ClN3O4/c1-3-12-15-11(14)7-13(16-12)21-8-4-5-10(20-2)9(6-8)17(18)19/h4-7H,3H2,1-2H3. The first-order chi connectivity index (χ1) is 10.0. The lowest BCUT2D eigenvalue weighted by atomic mass is 10.3. The van der Waals surface area contributed by atoms with Gasteiger partial charge in [0.2, 0.25) is 5.88 Å². The molecule has 21 heavy (non-hydrogen) atoms. The third-order valence-corrected chi connectivity index (χ3v) is 2.80. The molecule has 1 aromatic heterocycles. The predicted octanol–water partition coefficient (Wildman–Crippen LogP) is 3.40. The van der Waals surface area contributed by atoms with Gasteiger partial charge in [0.05, 0.1) is 18.1 Å². The second-order valence-corrected chi connectivity index (χ2v) is 4.38. The van der Waals surface area contributed by atoms with Crippen LogP contribution in [0.2, 0.25) is 5.15 Å². The van der Waals surface area contributed by atoms with E-state index in [1.54, 1.807) is 6.07 Å². The molecule has 0 spiro atoms. The van der Waals surface area contributed by atoms with E-state index in [1.165, 1.54) is 25.3 Å². The van der Waals surface area contributed by atoms with Gasteiger partial charge >= 0.3 is 5.69 Å². The van der Waals surface area contributed by atoms with Gasteiger partial charge < -0.3 is 9.47 Å². The first-order valence-corrected chi connectivity index (χ1v) is 6.45. The van der Waals surface area contributed by atoms with Crippen molar-refractivity contribution in [1.29, 1.82) is 0 Å². The molecule has 0 saturated carbocycles.